The van der Waals surface area contributed by atoms with E-state index in [1.54, 1.807) is 26.2 Å². The second-order valence-electron chi connectivity index (χ2n) is 6.13. The molecule has 0 atom stereocenters. The molecule has 0 aliphatic heterocycles. The number of esters is 1. The van der Waals surface area contributed by atoms with Crippen molar-refractivity contribution in [2.45, 2.75) is 25.3 Å². The number of aromatic nitrogens is 2. The van der Waals surface area contributed by atoms with E-state index in [1.165, 1.54) is 26.0 Å². The number of nitrogens with zero attached hydrogens (tertiary/aromatic N) is 2. The third-order valence-electron chi connectivity index (χ3n) is 4.09. The first-order chi connectivity index (χ1) is 14.9. The van der Waals surface area contributed by atoms with Crippen molar-refractivity contribution < 1.29 is 33.3 Å². The van der Waals surface area contributed by atoms with Crippen LogP contribution in [0.1, 0.15) is 33.2 Å². The second kappa shape index (κ2) is 12.1. The van der Waals surface area contributed by atoms with E-state index in [4.69, 9.17) is 23.7 Å². The van der Waals surface area contributed by atoms with Crippen LogP contribution < -0.4 is 9.47 Å². The van der Waals surface area contributed by atoms with Crippen molar-refractivity contribution in [2.75, 3.05) is 40.8 Å². The minimum Gasteiger partial charge on any atom is -0.496 e. The van der Waals surface area contributed by atoms with Crippen LogP contribution in [0, 0.1) is 0 Å². The number of rotatable bonds is 12. The fraction of sp³-hybridized carbons (Fsp3) is 0.450. The summed E-state index contributed by atoms with van der Waals surface area (Å²) in [5, 5.41) is 4.72. The van der Waals surface area contributed by atoms with E-state index >= 15 is 0 Å². The lowest BCUT2D eigenvalue weighted by atomic mass is 10.1. The molecule has 0 fully saturated rings. The van der Waals surface area contributed by atoms with E-state index in [-0.39, 0.29) is 30.4 Å². The van der Waals surface area contributed by atoms with Crippen LogP contribution in [0.15, 0.2) is 21.8 Å². The Morgan fingerprint density at radius 3 is 2.23 bits per heavy atom. The molecule has 2 aromatic rings. The zero-order valence-corrected chi connectivity index (χ0v) is 20.4. The van der Waals surface area contributed by atoms with Crippen LogP contribution in [-0.4, -0.2) is 62.3 Å². The van der Waals surface area contributed by atoms with Crippen molar-refractivity contribution >= 4 is 39.4 Å². The lowest BCUT2D eigenvalue weighted by molar-refractivity contribution is 0.0518. The zero-order chi connectivity index (χ0) is 23.0. The number of thioether (sulfide) groups is 1. The Morgan fingerprint density at radius 2 is 1.71 bits per heavy atom. The molecule has 0 aliphatic carbocycles. The van der Waals surface area contributed by atoms with Crippen molar-refractivity contribution in [3.63, 3.8) is 0 Å². The minimum atomic E-state index is -0.536. The van der Waals surface area contributed by atoms with Crippen LogP contribution in [0.3, 0.4) is 0 Å². The number of carbonyl (C=O) groups is 2. The molecule has 1 aromatic carbocycles. The van der Waals surface area contributed by atoms with Gasteiger partial charge in [0, 0.05) is 14.2 Å². The summed E-state index contributed by atoms with van der Waals surface area (Å²) in [5.74, 6) is -0.00200. The van der Waals surface area contributed by atoms with Gasteiger partial charge in [-0.1, -0.05) is 11.8 Å². The lowest BCUT2D eigenvalue weighted by Crippen LogP contribution is -2.12. The Morgan fingerprint density at radius 1 is 1.06 bits per heavy atom. The molecule has 0 unspecified atom stereocenters. The van der Waals surface area contributed by atoms with E-state index < -0.39 is 5.97 Å². The molecular formula is C20H25BrN2O7S. The predicted octanol–water partition coefficient (Wildman–Crippen LogP) is 3.56. The number of ketones is 1. The molecule has 31 heavy (non-hydrogen) atoms. The van der Waals surface area contributed by atoms with E-state index in [0.29, 0.717) is 33.3 Å². The van der Waals surface area contributed by atoms with E-state index in [2.05, 4.69) is 21.0 Å². The Balaban J connectivity index is 2.37. The maximum atomic E-state index is 13.1. The molecule has 0 aliphatic rings. The number of benzene rings is 1. The Hall–Kier alpha value is -2.08. The van der Waals surface area contributed by atoms with Gasteiger partial charge in [0.1, 0.15) is 39.0 Å². The first-order valence-electron chi connectivity index (χ1n) is 9.23. The first-order valence-corrected chi connectivity index (χ1v) is 11.0. The number of hydrogen-bond acceptors (Lipinski definition) is 9. The van der Waals surface area contributed by atoms with Crippen LogP contribution in [0.2, 0.25) is 0 Å². The van der Waals surface area contributed by atoms with Crippen LogP contribution in [-0.2, 0) is 27.5 Å². The Bertz CT molecular complexity index is 907. The average molecular weight is 517 g/mol. The summed E-state index contributed by atoms with van der Waals surface area (Å²) in [7, 11) is 6.06. The van der Waals surface area contributed by atoms with Crippen LogP contribution in [0.5, 0.6) is 11.5 Å². The number of halogens is 1. The van der Waals surface area contributed by atoms with E-state index in [0.717, 1.165) is 17.3 Å². The highest BCUT2D eigenvalue weighted by Crippen LogP contribution is 2.35. The SMILES string of the molecule is CCOC(=O)c1c(Br)nn(COC)c1SCC(=O)c1c(OC)cc(COC)cc1OC. The van der Waals surface area contributed by atoms with Gasteiger partial charge in [-0.3, -0.25) is 4.79 Å². The van der Waals surface area contributed by atoms with Gasteiger partial charge in [-0.25, -0.2) is 9.48 Å². The zero-order valence-electron chi connectivity index (χ0n) is 18.0. The van der Waals surface area contributed by atoms with Crippen molar-refractivity contribution in [3.05, 3.63) is 33.4 Å². The molecule has 0 amide bonds. The highest BCUT2D eigenvalue weighted by Gasteiger charge is 2.26. The quantitative estimate of drug-likeness (QED) is 0.238. The average Bonchev–Trinajstić information content (AvgIpc) is 3.06. The van der Waals surface area contributed by atoms with Crippen molar-refractivity contribution in [2.24, 2.45) is 0 Å². The molecule has 1 aromatic heterocycles. The molecule has 0 saturated heterocycles. The van der Waals surface area contributed by atoms with Crippen molar-refractivity contribution in [1.82, 2.24) is 9.78 Å². The predicted molar refractivity (Wildman–Crippen MR) is 118 cm³/mol. The van der Waals surface area contributed by atoms with Gasteiger partial charge in [0.25, 0.3) is 0 Å². The smallest absolute Gasteiger partial charge is 0.343 e. The molecule has 0 radical (unpaired) electrons. The molecular weight excluding hydrogens is 492 g/mol. The maximum Gasteiger partial charge on any atom is 0.343 e. The molecule has 1 heterocycles. The monoisotopic (exact) mass is 516 g/mol. The summed E-state index contributed by atoms with van der Waals surface area (Å²) in [6, 6.07) is 3.47. The van der Waals surface area contributed by atoms with Gasteiger partial charge in [0.2, 0.25) is 0 Å². The third-order valence-corrected chi connectivity index (χ3v) is 5.74. The van der Waals surface area contributed by atoms with Crippen molar-refractivity contribution in [1.29, 1.82) is 0 Å². The Labute approximate surface area is 193 Å². The number of methoxy groups -OCH3 is 4. The Kier molecular flexibility index (Phi) is 9.82. The summed E-state index contributed by atoms with van der Waals surface area (Å²) < 4.78 is 28.1. The van der Waals surface area contributed by atoms with Gasteiger partial charge in [-0.2, -0.15) is 5.10 Å². The fourth-order valence-corrected chi connectivity index (χ4v) is 4.50. The van der Waals surface area contributed by atoms with Gasteiger partial charge in [-0.15, -0.1) is 0 Å². The summed E-state index contributed by atoms with van der Waals surface area (Å²) in [5.41, 5.74) is 1.37. The number of hydrogen-bond donors (Lipinski definition) is 0. The normalized spacial score (nSPS) is 10.8. The largest absolute Gasteiger partial charge is 0.496 e. The van der Waals surface area contributed by atoms with Crippen LogP contribution in [0.4, 0.5) is 0 Å². The van der Waals surface area contributed by atoms with Crippen LogP contribution >= 0.6 is 27.7 Å². The molecule has 170 valence electrons. The van der Waals surface area contributed by atoms with E-state index in [1.807, 2.05) is 0 Å². The third kappa shape index (κ3) is 6.00. The number of ether oxygens (including phenoxy) is 5. The summed E-state index contributed by atoms with van der Waals surface area (Å²) in [6.45, 7) is 2.38. The topological polar surface area (TPSA) is 98.1 Å². The molecule has 11 heteroatoms. The second-order valence-corrected chi connectivity index (χ2v) is 7.84. The van der Waals surface area contributed by atoms with Crippen molar-refractivity contribution in [3.8, 4) is 11.5 Å². The maximum absolute atomic E-state index is 13.1. The molecule has 0 spiro atoms. The fourth-order valence-electron chi connectivity index (χ4n) is 2.85. The molecule has 0 saturated carbocycles. The summed E-state index contributed by atoms with van der Waals surface area (Å²) >= 11 is 4.44. The summed E-state index contributed by atoms with van der Waals surface area (Å²) in [4.78, 5) is 25.6. The van der Waals surface area contributed by atoms with E-state index in [9.17, 15) is 9.59 Å². The number of carbonyl (C=O) groups excluding carboxylic acids is 2. The number of Topliss-reactive ketones (excluding diaryl/α,β-unsaturated/α-hetero) is 1. The standard InChI is InChI=1S/C20H25BrN2O7S/c1-6-30-20(25)17-18(21)22-23(11-27-3)19(17)31-10-13(24)16-14(28-4)7-12(9-26-2)8-15(16)29-5/h7-8H,6,9-11H2,1-5H3. The van der Waals surface area contributed by atoms with Gasteiger partial charge in [0.15, 0.2) is 5.78 Å². The highest BCUT2D eigenvalue weighted by atomic mass is 79.9. The first kappa shape index (κ1) is 25.2. The molecule has 0 N–H and O–H groups in total. The lowest BCUT2D eigenvalue weighted by Gasteiger charge is -2.15. The molecule has 2 rings (SSSR count). The molecule has 0 bridgehead atoms. The van der Waals surface area contributed by atoms with Gasteiger partial charge < -0.3 is 23.7 Å². The van der Waals surface area contributed by atoms with Gasteiger partial charge >= 0.3 is 5.97 Å². The molecule has 9 nitrogen and oxygen atoms in total. The highest BCUT2D eigenvalue weighted by molar-refractivity contribution is 9.10. The van der Waals surface area contributed by atoms with Gasteiger partial charge in [-0.05, 0) is 40.5 Å². The summed E-state index contributed by atoms with van der Waals surface area (Å²) in [6.07, 6.45) is 0. The minimum absolute atomic E-state index is 0.00456. The van der Waals surface area contributed by atoms with Gasteiger partial charge in [0.05, 0.1) is 33.2 Å². The van der Waals surface area contributed by atoms with Crippen LogP contribution in [0.25, 0.3) is 0 Å².